The Hall–Kier alpha value is -2.82. The Morgan fingerprint density at radius 1 is 1.30 bits per heavy atom. The molecule has 0 bridgehead atoms. The van der Waals surface area contributed by atoms with Crippen molar-refractivity contribution in [2.45, 2.75) is 37.3 Å². The quantitative estimate of drug-likeness (QED) is 0.463. The molecular formula is C16H16F2N6O2S. The number of thioether (sulfide) groups is 1. The number of nitrogens with one attached hydrogen (secondary N) is 1. The van der Waals surface area contributed by atoms with E-state index in [4.69, 9.17) is 0 Å². The summed E-state index contributed by atoms with van der Waals surface area (Å²) in [7, 11) is 0. The molecule has 3 aromatic rings. The van der Waals surface area contributed by atoms with Crippen LogP contribution in [0.25, 0.3) is 5.69 Å². The Morgan fingerprint density at radius 3 is 2.78 bits per heavy atom. The summed E-state index contributed by atoms with van der Waals surface area (Å²) in [6.07, 6.45) is 1.62. The highest BCUT2D eigenvalue weighted by molar-refractivity contribution is 7.98. The van der Waals surface area contributed by atoms with Crippen LogP contribution in [0.1, 0.15) is 24.9 Å². The third-order valence-corrected chi connectivity index (χ3v) is 4.33. The first kappa shape index (κ1) is 19.0. The lowest BCUT2D eigenvalue weighted by Gasteiger charge is -2.07. The second kappa shape index (κ2) is 8.71. The minimum Gasteiger partial charge on any atom is -0.435 e. The fraction of sp³-hybridized carbons (Fsp3) is 0.312. The molecule has 0 saturated heterocycles. The maximum Gasteiger partial charge on any atom is 0.387 e. The Labute approximate surface area is 157 Å². The Morgan fingerprint density at radius 2 is 2.07 bits per heavy atom. The highest BCUT2D eigenvalue weighted by atomic mass is 32.2. The van der Waals surface area contributed by atoms with E-state index in [0.29, 0.717) is 22.4 Å². The SMILES string of the molecule is CCCc1cc(=O)[nH]c(SCc2nnnn2-c2ccc(OC(F)F)cc2)n1. The second-order valence-corrected chi connectivity index (χ2v) is 6.42. The monoisotopic (exact) mass is 394 g/mol. The van der Waals surface area contributed by atoms with Gasteiger partial charge in [0.05, 0.1) is 11.4 Å². The molecule has 0 spiro atoms. The lowest BCUT2D eigenvalue weighted by atomic mass is 10.2. The van der Waals surface area contributed by atoms with Crippen LogP contribution in [0.5, 0.6) is 5.75 Å². The molecule has 2 aromatic heterocycles. The maximum atomic E-state index is 12.2. The van der Waals surface area contributed by atoms with Gasteiger partial charge < -0.3 is 9.72 Å². The fourth-order valence-electron chi connectivity index (χ4n) is 2.33. The number of halogens is 2. The second-order valence-electron chi connectivity index (χ2n) is 5.46. The van der Waals surface area contributed by atoms with E-state index in [1.165, 1.54) is 34.6 Å². The summed E-state index contributed by atoms with van der Waals surface area (Å²) >= 11 is 1.30. The average Bonchev–Trinajstić information content (AvgIpc) is 3.08. The molecule has 3 rings (SSSR count). The molecule has 0 amide bonds. The largest absolute Gasteiger partial charge is 0.435 e. The van der Waals surface area contributed by atoms with E-state index >= 15 is 0 Å². The number of alkyl halides is 2. The summed E-state index contributed by atoms with van der Waals surface area (Å²) in [5.41, 5.74) is 1.13. The van der Waals surface area contributed by atoms with Crippen molar-refractivity contribution in [3.63, 3.8) is 0 Å². The smallest absolute Gasteiger partial charge is 0.387 e. The molecule has 8 nitrogen and oxygen atoms in total. The Kier molecular flexibility index (Phi) is 6.12. The Bertz CT molecular complexity index is 945. The topological polar surface area (TPSA) is 98.6 Å². The first-order valence-corrected chi connectivity index (χ1v) is 9.09. The van der Waals surface area contributed by atoms with Crippen molar-refractivity contribution in [1.82, 2.24) is 30.2 Å². The van der Waals surface area contributed by atoms with Crippen molar-refractivity contribution in [3.8, 4) is 11.4 Å². The van der Waals surface area contributed by atoms with E-state index in [0.717, 1.165) is 18.5 Å². The molecule has 0 unspecified atom stereocenters. The Balaban J connectivity index is 1.73. The van der Waals surface area contributed by atoms with Crippen molar-refractivity contribution in [1.29, 1.82) is 0 Å². The zero-order chi connectivity index (χ0) is 19.2. The van der Waals surface area contributed by atoms with Crippen LogP contribution < -0.4 is 10.3 Å². The third-order valence-electron chi connectivity index (χ3n) is 3.46. The zero-order valence-electron chi connectivity index (χ0n) is 14.3. The number of H-pyrrole nitrogens is 1. The van der Waals surface area contributed by atoms with Gasteiger partial charge in [0.15, 0.2) is 11.0 Å². The van der Waals surface area contributed by atoms with Gasteiger partial charge in [-0.15, -0.1) is 5.10 Å². The minimum atomic E-state index is -2.88. The molecule has 0 saturated carbocycles. The fourth-order valence-corrected chi connectivity index (χ4v) is 3.13. The van der Waals surface area contributed by atoms with Crippen molar-refractivity contribution in [2.24, 2.45) is 0 Å². The highest BCUT2D eigenvalue weighted by Crippen LogP contribution is 2.21. The van der Waals surface area contributed by atoms with E-state index < -0.39 is 6.61 Å². The van der Waals surface area contributed by atoms with Crippen molar-refractivity contribution < 1.29 is 13.5 Å². The molecule has 1 aromatic carbocycles. The summed E-state index contributed by atoms with van der Waals surface area (Å²) < 4.78 is 30.3. The van der Waals surface area contributed by atoms with E-state index in [1.807, 2.05) is 6.92 Å². The van der Waals surface area contributed by atoms with Crippen LogP contribution in [0.3, 0.4) is 0 Å². The number of hydrogen-bond acceptors (Lipinski definition) is 7. The normalized spacial score (nSPS) is 11.1. The van der Waals surface area contributed by atoms with Gasteiger partial charge in [-0.1, -0.05) is 25.1 Å². The predicted octanol–water partition coefficient (Wildman–Crippen LogP) is 2.59. The van der Waals surface area contributed by atoms with Gasteiger partial charge in [0.1, 0.15) is 5.75 Å². The number of rotatable bonds is 8. The summed E-state index contributed by atoms with van der Waals surface area (Å²) in [6.45, 7) is -0.865. The van der Waals surface area contributed by atoms with Crippen LogP contribution in [0.2, 0.25) is 0 Å². The number of hydrogen-bond donors (Lipinski definition) is 1. The van der Waals surface area contributed by atoms with Gasteiger partial charge in [-0.25, -0.2) is 4.98 Å². The van der Waals surface area contributed by atoms with Gasteiger partial charge in [-0.2, -0.15) is 13.5 Å². The van der Waals surface area contributed by atoms with Crippen LogP contribution in [0.4, 0.5) is 8.78 Å². The van der Waals surface area contributed by atoms with E-state index in [2.05, 4.69) is 30.2 Å². The molecule has 0 aliphatic heterocycles. The van der Waals surface area contributed by atoms with E-state index in [1.54, 1.807) is 12.1 Å². The van der Waals surface area contributed by atoms with Gasteiger partial charge >= 0.3 is 6.61 Å². The zero-order valence-corrected chi connectivity index (χ0v) is 15.1. The predicted molar refractivity (Wildman–Crippen MR) is 94.2 cm³/mol. The van der Waals surface area contributed by atoms with Gasteiger partial charge in [0, 0.05) is 11.8 Å². The lowest BCUT2D eigenvalue weighted by molar-refractivity contribution is -0.0498. The van der Waals surface area contributed by atoms with E-state index in [-0.39, 0.29) is 11.3 Å². The molecule has 11 heteroatoms. The highest BCUT2D eigenvalue weighted by Gasteiger charge is 2.11. The van der Waals surface area contributed by atoms with Crippen LogP contribution in [-0.4, -0.2) is 36.8 Å². The molecular weight excluding hydrogens is 378 g/mol. The standard InChI is InChI=1S/C16H16F2N6O2S/c1-2-3-10-8-14(25)20-16(19-10)27-9-13-21-22-23-24(13)11-4-6-12(7-5-11)26-15(17)18/h4-8,15H,2-3,9H2,1H3,(H,19,20,25). The number of nitrogens with zero attached hydrogens (tertiary/aromatic N) is 5. The molecule has 0 fully saturated rings. The van der Waals surface area contributed by atoms with Crippen molar-refractivity contribution in [2.75, 3.05) is 0 Å². The van der Waals surface area contributed by atoms with Gasteiger partial charge in [0.25, 0.3) is 5.56 Å². The molecule has 0 aliphatic rings. The number of aromatic nitrogens is 6. The minimum absolute atomic E-state index is 0.0484. The van der Waals surface area contributed by atoms with Crippen molar-refractivity contribution in [3.05, 3.63) is 52.2 Å². The molecule has 27 heavy (non-hydrogen) atoms. The van der Waals surface area contributed by atoms with Gasteiger partial charge in [-0.05, 0) is 41.1 Å². The van der Waals surface area contributed by atoms with Crippen molar-refractivity contribution >= 4 is 11.8 Å². The first-order chi connectivity index (χ1) is 13.0. The maximum absolute atomic E-state index is 12.2. The summed E-state index contributed by atoms with van der Waals surface area (Å²) in [6, 6.07) is 7.45. The number of aryl methyl sites for hydroxylation is 1. The molecule has 0 atom stereocenters. The van der Waals surface area contributed by atoms with Gasteiger partial charge in [0.2, 0.25) is 0 Å². The third kappa shape index (κ3) is 5.09. The van der Waals surface area contributed by atoms with Crippen LogP contribution in [-0.2, 0) is 12.2 Å². The van der Waals surface area contributed by atoms with Gasteiger partial charge in [-0.3, -0.25) is 4.79 Å². The molecule has 0 radical (unpaired) electrons. The number of aromatic amines is 1. The lowest BCUT2D eigenvalue weighted by Crippen LogP contribution is -2.10. The number of ether oxygens (including phenoxy) is 1. The average molecular weight is 394 g/mol. The number of tetrazole rings is 1. The molecule has 2 heterocycles. The summed E-state index contributed by atoms with van der Waals surface area (Å²) in [4.78, 5) is 18.8. The van der Waals surface area contributed by atoms with E-state index in [9.17, 15) is 13.6 Å². The molecule has 142 valence electrons. The summed E-state index contributed by atoms with van der Waals surface area (Å²) in [5.74, 6) is 0.930. The first-order valence-electron chi connectivity index (χ1n) is 8.10. The van der Waals surface area contributed by atoms with Crippen LogP contribution in [0.15, 0.2) is 40.3 Å². The van der Waals surface area contributed by atoms with Crippen LogP contribution in [0, 0.1) is 0 Å². The number of benzene rings is 1. The molecule has 1 N–H and O–H groups in total. The van der Waals surface area contributed by atoms with Crippen LogP contribution >= 0.6 is 11.8 Å². The summed E-state index contributed by atoms with van der Waals surface area (Å²) in [5, 5.41) is 12.0. The molecule has 0 aliphatic carbocycles.